The predicted octanol–water partition coefficient (Wildman–Crippen LogP) is 6.56. The SMILES string of the molecule is COC(=O)c1ccc(CCC(C=Cc2ccccc2OCCCCCN2CCOC(C)C2=O)Cc2ccc(C(=O)OC)cc2)cc1. The van der Waals surface area contributed by atoms with Crippen molar-refractivity contribution >= 4 is 23.9 Å². The molecule has 1 saturated heterocycles. The summed E-state index contributed by atoms with van der Waals surface area (Å²) < 4.78 is 21.3. The molecule has 0 aromatic heterocycles. The number of hydrogen-bond donors (Lipinski definition) is 0. The van der Waals surface area contributed by atoms with Crippen molar-refractivity contribution in [2.45, 2.75) is 51.6 Å². The van der Waals surface area contributed by atoms with Crippen LogP contribution in [0.1, 0.15) is 70.0 Å². The quantitative estimate of drug-likeness (QED) is 0.131. The molecule has 3 aromatic carbocycles. The summed E-state index contributed by atoms with van der Waals surface area (Å²) in [6, 6.07) is 23.2. The summed E-state index contributed by atoms with van der Waals surface area (Å²) in [5.41, 5.74) is 4.35. The summed E-state index contributed by atoms with van der Waals surface area (Å²) in [6.45, 7) is 4.45. The molecule has 1 aliphatic heterocycles. The van der Waals surface area contributed by atoms with Crippen LogP contribution < -0.4 is 4.74 Å². The van der Waals surface area contributed by atoms with Crippen LogP contribution in [0.5, 0.6) is 5.75 Å². The van der Waals surface area contributed by atoms with E-state index >= 15 is 0 Å². The maximum atomic E-state index is 12.2. The Morgan fingerprint density at radius 1 is 0.891 bits per heavy atom. The highest BCUT2D eigenvalue weighted by Gasteiger charge is 2.25. The number of hydrogen-bond acceptors (Lipinski definition) is 7. The molecule has 0 aliphatic carbocycles. The number of unbranched alkanes of at least 4 members (excludes halogenated alkanes) is 2. The number of morpholine rings is 1. The minimum Gasteiger partial charge on any atom is -0.493 e. The number of amides is 1. The molecule has 2 unspecified atom stereocenters. The number of esters is 2. The Hall–Kier alpha value is -4.43. The van der Waals surface area contributed by atoms with Gasteiger partial charge in [-0.15, -0.1) is 0 Å². The molecule has 1 heterocycles. The van der Waals surface area contributed by atoms with Gasteiger partial charge in [0.2, 0.25) is 0 Å². The minimum atomic E-state index is -0.350. The summed E-state index contributed by atoms with van der Waals surface area (Å²) in [7, 11) is 2.76. The highest BCUT2D eigenvalue weighted by Crippen LogP contribution is 2.24. The van der Waals surface area contributed by atoms with Crippen LogP contribution in [-0.4, -0.2) is 69.4 Å². The number of benzene rings is 3. The number of rotatable bonds is 16. The zero-order valence-corrected chi connectivity index (χ0v) is 27.1. The zero-order chi connectivity index (χ0) is 32.7. The molecule has 8 heteroatoms. The highest BCUT2D eigenvalue weighted by atomic mass is 16.5. The van der Waals surface area contributed by atoms with Crippen molar-refractivity contribution in [1.82, 2.24) is 4.90 Å². The van der Waals surface area contributed by atoms with Crippen molar-refractivity contribution in [2.75, 3.05) is 40.5 Å². The number of nitrogens with zero attached hydrogens (tertiary/aromatic N) is 1. The zero-order valence-electron chi connectivity index (χ0n) is 27.1. The second-order valence-corrected chi connectivity index (χ2v) is 11.5. The molecule has 0 spiro atoms. The van der Waals surface area contributed by atoms with E-state index in [1.165, 1.54) is 14.2 Å². The first-order valence-electron chi connectivity index (χ1n) is 16.0. The first kappa shape index (κ1) is 34.4. The molecule has 0 N–H and O–H groups in total. The van der Waals surface area contributed by atoms with Gasteiger partial charge in [-0.1, -0.05) is 54.6 Å². The maximum Gasteiger partial charge on any atom is 0.337 e. The highest BCUT2D eigenvalue weighted by molar-refractivity contribution is 5.89. The third-order valence-corrected chi connectivity index (χ3v) is 8.24. The lowest BCUT2D eigenvalue weighted by atomic mass is 9.91. The van der Waals surface area contributed by atoms with Crippen molar-refractivity contribution in [3.8, 4) is 5.75 Å². The molecule has 244 valence electrons. The van der Waals surface area contributed by atoms with Gasteiger partial charge in [-0.25, -0.2) is 9.59 Å². The molecule has 1 aliphatic rings. The van der Waals surface area contributed by atoms with Crippen LogP contribution in [0.3, 0.4) is 0 Å². The first-order chi connectivity index (χ1) is 22.4. The second kappa shape index (κ2) is 17.9. The Kier molecular flexibility index (Phi) is 13.4. The number of methoxy groups -OCH3 is 2. The Morgan fingerprint density at radius 3 is 2.22 bits per heavy atom. The third-order valence-electron chi connectivity index (χ3n) is 8.24. The van der Waals surface area contributed by atoms with Crippen molar-refractivity contribution in [1.29, 1.82) is 0 Å². The van der Waals surface area contributed by atoms with E-state index in [-0.39, 0.29) is 29.9 Å². The molecule has 2 atom stereocenters. The number of carbonyl (C=O) groups excluding carboxylic acids is 3. The lowest BCUT2D eigenvalue weighted by Gasteiger charge is -2.30. The average molecular weight is 628 g/mol. The average Bonchev–Trinajstić information content (AvgIpc) is 3.09. The monoisotopic (exact) mass is 627 g/mol. The normalized spacial score (nSPS) is 15.5. The fourth-order valence-electron chi connectivity index (χ4n) is 5.49. The standard InChI is InChI=1S/C38H45NO7/c1-28-36(40)39(24-26-45-28)23-7-4-8-25-46-35-10-6-5-9-32(35)18-15-30(27-31-16-21-34(22-17-31)38(42)44-3)12-11-29-13-19-33(20-14-29)37(41)43-2/h5-6,9-10,13-22,28,30H,4,7-8,11-12,23-27H2,1-3H3. The Labute approximate surface area is 272 Å². The van der Waals surface area contributed by atoms with Gasteiger partial charge >= 0.3 is 11.9 Å². The van der Waals surface area contributed by atoms with E-state index in [4.69, 9.17) is 18.9 Å². The number of ether oxygens (including phenoxy) is 4. The van der Waals surface area contributed by atoms with E-state index in [9.17, 15) is 14.4 Å². The Balaban J connectivity index is 1.36. The Morgan fingerprint density at radius 2 is 1.54 bits per heavy atom. The molecule has 4 rings (SSSR count). The molecule has 0 radical (unpaired) electrons. The van der Waals surface area contributed by atoms with Gasteiger partial charge < -0.3 is 23.8 Å². The van der Waals surface area contributed by atoms with Gasteiger partial charge in [0.25, 0.3) is 5.91 Å². The van der Waals surface area contributed by atoms with Gasteiger partial charge in [0.1, 0.15) is 11.9 Å². The Bertz CT molecular complexity index is 1450. The minimum absolute atomic E-state index is 0.0798. The van der Waals surface area contributed by atoms with Gasteiger partial charge in [0, 0.05) is 18.7 Å². The number of allylic oxidation sites excluding steroid dienone is 1. The van der Waals surface area contributed by atoms with Gasteiger partial charge in [0.05, 0.1) is 38.6 Å². The summed E-state index contributed by atoms with van der Waals surface area (Å²) >= 11 is 0. The maximum absolute atomic E-state index is 12.2. The topological polar surface area (TPSA) is 91.4 Å². The van der Waals surface area contributed by atoms with E-state index in [2.05, 4.69) is 18.2 Å². The molecule has 3 aromatic rings. The van der Waals surface area contributed by atoms with Crippen LogP contribution in [-0.2, 0) is 31.8 Å². The van der Waals surface area contributed by atoms with Crippen molar-refractivity contribution < 1.29 is 33.3 Å². The number of aryl methyl sites for hydroxylation is 1. The van der Waals surface area contributed by atoms with E-state index in [1.807, 2.05) is 54.3 Å². The van der Waals surface area contributed by atoms with Gasteiger partial charge in [-0.05, 0) is 92.8 Å². The molecule has 1 amide bonds. The molecule has 46 heavy (non-hydrogen) atoms. The predicted molar refractivity (Wildman–Crippen MR) is 178 cm³/mol. The van der Waals surface area contributed by atoms with Crippen molar-refractivity contribution in [3.05, 3.63) is 107 Å². The smallest absolute Gasteiger partial charge is 0.337 e. The van der Waals surface area contributed by atoms with Crippen LogP contribution in [0.15, 0.2) is 78.9 Å². The van der Waals surface area contributed by atoms with Crippen LogP contribution in [0.25, 0.3) is 6.08 Å². The molecular weight excluding hydrogens is 582 g/mol. The van der Waals surface area contributed by atoms with Crippen molar-refractivity contribution in [3.63, 3.8) is 0 Å². The molecule has 1 fully saturated rings. The molecule has 8 nitrogen and oxygen atoms in total. The molecule has 0 bridgehead atoms. The van der Waals surface area contributed by atoms with Crippen LogP contribution in [0.2, 0.25) is 0 Å². The summed E-state index contributed by atoms with van der Waals surface area (Å²) in [5, 5.41) is 0. The third kappa shape index (κ3) is 10.3. The van der Waals surface area contributed by atoms with Gasteiger partial charge in [0.15, 0.2) is 0 Å². The number of carbonyl (C=O) groups is 3. The lowest BCUT2D eigenvalue weighted by molar-refractivity contribution is -0.151. The summed E-state index contributed by atoms with van der Waals surface area (Å²) in [6.07, 6.45) is 9.38. The van der Waals surface area contributed by atoms with Crippen LogP contribution >= 0.6 is 0 Å². The first-order valence-corrected chi connectivity index (χ1v) is 16.0. The van der Waals surface area contributed by atoms with E-state index < -0.39 is 0 Å². The summed E-state index contributed by atoms with van der Waals surface area (Å²) in [4.78, 5) is 37.9. The van der Waals surface area contributed by atoms with E-state index in [0.29, 0.717) is 30.9 Å². The van der Waals surface area contributed by atoms with Gasteiger partial charge in [-0.2, -0.15) is 0 Å². The summed E-state index contributed by atoms with van der Waals surface area (Å²) in [5.74, 6) is 0.439. The number of para-hydroxylation sites is 1. The fourth-order valence-corrected chi connectivity index (χ4v) is 5.49. The lowest BCUT2D eigenvalue weighted by Crippen LogP contribution is -2.46. The van der Waals surface area contributed by atoms with Crippen molar-refractivity contribution in [2.24, 2.45) is 5.92 Å². The second-order valence-electron chi connectivity index (χ2n) is 11.5. The molecule has 0 saturated carbocycles. The van der Waals surface area contributed by atoms with E-state index in [1.54, 1.807) is 24.3 Å². The van der Waals surface area contributed by atoms with Crippen LogP contribution in [0, 0.1) is 5.92 Å². The largest absolute Gasteiger partial charge is 0.493 e. The molecular formula is C38H45NO7. The van der Waals surface area contributed by atoms with Gasteiger partial charge in [-0.3, -0.25) is 4.79 Å². The fraction of sp³-hybridized carbons (Fsp3) is 0.395. The van der Waals surface area contributed by atoms with Crippen LogP contribution in [0.4, 0.5) is 0 Å². The van der Waals surface area contributed by atoms with E-state index in [0.717, 1.165) is 67.5 Å².